The number of hydrogen-bond acceptors (Lipinski definition) is 2. The lowest BCUT2D eigenvalue weighted by Crippen LogP contribution is -2.42. The molecule has 0 amide bonds. The van der Waals surface area contributed by atoms with Gasteiger partial charge in [-0.1, -0.05) is 43.5 Å². The SMILES string of the molecule is NC1c2ccccc2CC1N1CCCCCCC1. The number of nitrogens with zero attached hydrogens (tertiary/aromatic N) is 1. The Bertz CT molecular complexity index is 394. The van der Waals surface area contributed by atoms with Gasteiger partial charge in [0.1, 0.15) is 0 Å². The van der Waals surface area contributed by atoms with Crippen LogP contribution in [0.5, 0.6) is 0 Å². The molecule has 0 aromatic heterocycles. The lowest BCUT2D eigenvalue weighted by atomic mass is 10.0. The van der Waals surface area contributed by atoms with Crippen molar-refractivity contribution in [2.24, 2.45) is 5.73 Å². The van der Waals surface area contributed by atoms with Crippen LogP contribution in [0.4, 0.5) is 0 Å². The lowest BCUT2D eigenvalue weighted by molar-refractivity contribution is 0.164. The van der Waals surface area contributed by atoms with Gasteiger partial charge in [-0.15, -0.1) is 0 Å². The summed E-state index contributed by atoms with van der Waals surface area (Å²) in [7, 11) is 0. The smallest absolute Gasteiger partial charge is 0.0459 e. The molecule has 1 saturated heterocycles. The van der Waals surface area contributed by atoms with Crippen molar-refractivity contribution in [1.82, 2.24) is 4.90 Å². The van der Waals surface area contributed by atoms with Gasteiger partial charge < -0.3 is 5.73 Å². The first kappa shape index (κ1) is 12.2. The molecule has 1 aromatic rings. The third-order valence-electron chi connectivity index (χ3n) is 4.62. The third-order valence-corrected chi connectivity index (χ3v) is 4.62. The van der Waals surface area contributed by atoms with Gasteiger partial charge in [-0.25, -0.2) is 0 Å². The van der Waals surface area contributed by atoms with Crippen LogP contribution in [-0.4, -0.2) is 24.0 Å². The van der Waals surface area contributed by atoms with Crippen molar-refractivity contribution in [1.29, 1.82) is 0 Å². The molecule has 0 radical (unpaired) electrons. The Balaban J connectivity index is 1.74. The van der Waals surface area contributed by atoms with Crippen molar-refractivity contribution in [3.63, 3.8) is 0 Å². The normalized spacial score (nSPS) is 29.6. The second-order valence-electron chi connectivity index (χ2n) is 5.80. The largest absolute Gasteiger partial charge is 0.323 e. The van der Waals surface area contributed by atoms with E-state index in [-0.39, 0.29) is 6.04 Å². The molecule has 2 atom stereocenters. The van der Waals surface area contributed by atoms with Crippen LogP contribution in [0.3, 0.4) is 0 Å². The highest BCUT2D eigenvalue weighted by molar-refractivity contribution is 5.36. The van der Waals surface area contributed by atoms with Crippen LogP contribution in [0.2, 0.25) is 0 Å². The third kappa shape index (κ3) is 2.32. The monoisotopic (exact) mass is 244 g/mol. The minimum atomic E-state index is 0.223. The van der Waals surface area contributed by atoms with Gasteiger partial charge in [0.05, 0.1) is 0 Å². The summed E-state index contributed by atoms with van der Waals surface area (Å²) in [6, 6.07) is 9.49. The summed E-state index contributed by atoms with van der Waals surface area (Å²) in [6.07, 6.45) is 8.05. The first-order valence-electron chi connectivity index (χ1n) is 7.44. The standard InChI is InChI=1S/C16H24N2/c17-16-14-9-5-4-8-13(14)12-15(16)18-10-6-2-1-3-7-11-18/h4-5,8-9,15-16H,1-3,6-7,10-12,17H2. The molecule has 2 unspecified atom stereocenters. The van der Waals surface area contributed by atoms with Gasteiger partial charge in [-0.05, 0) is 43.5 Å². The molecular formula is C16H24N2. The van der Waals surface area contributed by atoms with Crippen molar-refractivity contribution in [2.45, 2.75) is 50.6 Å². The maximum atomic E-state index is 6.47. The summed E-state index contributed by atoms with van der Waals surface area (Å²) in [5.41, 5.74) is 9.32. The summed E-state index contributed by atoms with van der Waals surface area (Å²) < 4.78 is 0. The zero-order chi connectivity index (χ0) is 12.4. The number of hydrogen-bond donors (Lipinski definition) is 1. The molecule has 2 N–H and O–H groups in total. The van der Waals surface area contributed by atoms with Crippen molar-refractivity contribution in [3.05, 3.63) is 35.4 Å². The van der Waals surface area contributed by atoms with E-state index < -0.39 is 0 Å². The number of rotatable bonds is 1. The Morgan fingerprint density at radius 3 is 2.33 bits per heavy atom. The molecule has 3 rings (SSSR count). The highest BCUT2D eigenvalue weighted by atomic mass is 15.2. The summed E-state index contributed by atoms with van der Waals surface area (Å²) in [5.74, 6) is 0. The van der Waals surface area contributed by atoms with Crippen molar-refractivity contribution >= 4 is 0 Å². The first-order valence-corrected chi connectivity index (χ1v) is 7.44. The average Bonchev–Trinajstić information content (AvgIpc) is 2.67. The predicted molar refractivity (Wildman–Crippen MR) is 75.5 cm³/mol. The molecule has 0 saturated carbocycles. The Morgan fingerprint density at radius 1 is 0.944 bits per heavy atom. The Morgan fingerprint density at radius 2 is 1.61 bits per heavy atom. The van der Waals surface area contributed by atoms with E-state index >= 15 is 0 Å². The van der Waals surface area contributed by atoms with E-state index in [1.165, 1.54) is 56.3 Å². The van der Waals surface area contributed by atoms with Gasteiger partial charge in [0.25, 0.3) is 0 Å². The molecule has 1 aliphatic heterocycles. The topological polar surface area (TPSA) is 29.3 Å². The molecule has 0 bridgehead atoms. The van der Waals surface area contributed by atoms with Crippen molar-refractivity contribution < 1.29 is 0 Å². The highest BCUT2D eigenvalue weighted by Gasteiger charge is 2.33. The van der Waals surface area contributed by atoms with Crippen LogP contribution < -0.4 is 5.73 Å². The fraction of sp³-hybridized carbons (Fsp3) is 0.625. The van der Waals surface area contributed by atoms with E-state index in [0.717, 1.165) is 6.42 Å². The van der Waals surface area contributed by atoms with Gasteiger partial charge in [0.2, 0.25) is 0 Å². The van der Waals surface area contributed by atoms with E-state index in [2.05, 4.69) is 29.2 Å². The second kappa shape index (κ2) is 5.41. The maximum Gasteiger partial charge on any atom is 0.0459 e. The van der Waals surface area contributed by atoms with E-state index in [9.17, 15) is 0 Å². The van der Waals surface area contributed by atoms with Crippen LogP contribution in [0.1, 0.15) is 49.3 Å². The summed E-state index contributed by atoms with van der Waals surface area (Å²) in [6.45, 7) is 2.48. The lowest BCUT2D eigenvalue weighted by Gasteiger charge is -2.33. The molecule has 1 fully saturated rings. The molecule has 18 heavy (non-hydrogen) atoms. The van der Waals surface area contributed by atoms with Gasteiger partial charge in [-0.2, -0.15) is 0 Å². The molecule has 1 heterocycles. The number of likely N-dealkylation sites (tertiary alicyclic amines) is 1. The van der Waals surface area contributed by atoms with Crippen LogP contribution in [0, 0.1) is 0 Å². The fourth-order valence-corrected chi connectivity index (χ4v) is 3.56. The zero-order valence-electron chi connectivity index (χ0n) is 11.1. The molecule has 0 spiro atoms. The van der Waals surface area contributed by atoms with Crippen molar-refractivity contribution in [3.8, 4) is 0 Å². The minimum absolute atomic E-state index is 0.223. The predicted octanol–water partition coefficient (Wildman–Crippen LogP) is 2.88. The molecule has 2 nitrogen and oxygen atoms in total. The van der Waals surface area contributed by atoms with Crippen LogP contribution in [0.25, 0.3) is 0 Å². The Labute approximate surface area is 110 Å². The van der Waals surface area contributed by atoms with Crippen LogP contribution in [0.15, 0.2) is 24.3 Å². The molecular weight excluding hydrogens is 220 g/mol. The van der Waals surface area contributed by atoms with E-state index in [4.69, 9.17) is 5.73 Å². The van der Waals surface area contributed by atoms with Gasteiger partial charge in [0.15, 0.2) is 0 Å². The second-order valence-corrected chi connectivity index (χ2v) is 5.80. The Kier molecular flexibility index (Phi) is 3.67. The quantitative estimate of drug-likeness (QED) is 0.823. The van der Waals surface area contributed by atoms with Crippen LogP contribution >= 0.6 is 0 Å². The number of benzene rings is 1. The Hall–Kier alpha value is -0.860. The average molecular weight is 244 g/mol. The van der Waals surface area contributed by atoms with Gasteiger partial charge in [0, 0.05) is 12.1 Å². The molecule has 98 valence electrons. The van der Waals surface area contributed by atoms with E-state index in [1.54, 1.807) is 0 Å². The van der Waals surface area contributed by atoms with E-state index in [0.29, 0.717) is 6.04 Å². The van der Waals surface area contributed by atoms with Crippen LogP contribution in [-0.2, 0) is 6.42 Å². The maximum absolute atomic E-state index is 6.47. The van der Waals surface area contributed by atoms with Crippen molar-refractivity contribution in [2.75, 3.05) is 13.1 Å². The summed E-state index contributed by atoms with van der Waals surface area (Å²) in [5, 5.41) is 0. The molecule has 1 aromatic carbocycles. The minimum Gasteiger partial charge on any atom is -0.323 e. The van der Waals surface area contributed by atoms with Gasteiger partial charge >= 0.3 is 0 Å². The fourth-order valence-electron chi connectivity index (χ4n) is 3.56. The number of nitrogens with two attached hydrogens (primary N) is 1. The highest BCUT2D eigenvalue weighted by Crippen LogP contribution is 2.33. The molecule has 1 aliphatic carbocycles. The molecule has 2 aliphatic rings. The van der Waals surface area contributed by atoms with E-state index in [1.807, 2.05) is 0 Å². The van der Waals surface area contributed by atoms with Gasteiger partial charge in [-0.3, -0.25) is 4.90 Å². The number of fused-ring (bicyclic) bond motifs is 1. The molecule has 2 heteroatoms. The summed E-state index contributed by atoms with van der Waals surface area (Å²) in [4.78, 5) is 2.66. The first-order chi connectivity index (χ1) is 8.86. The summed E-state index contributed by atoms with van der Waals surface area (Å²) >= 11 is 0. The zero-order valence-corrected chi connectivity index (χ0v) is 11.1.